The first kappa shape index (κ1) is 16.3. The lowest BCUT2D eigenvalue weighted by Crippen LogP contribution is -2.48. The molecule has 1 unspecified atom stereocenters. The van der Waals surface area contributed by atoms with Gasteiger partial charge in [0.05, 0.1) is 12.0 Å². The lowest BCUT2D eigenvalue weighted by Gasteiger charge is -2.32. The van der Waals surface area contributed by atoms with Gasteiger partial charge in [0.1, 0.15) is 5.78 Å². The Balaban J connectivity index is 1.76. The number of fused-ring (bicyclic) bond motifs is 1. The number of hydrogen-bond acceptors (Lipinski definition) is 7. The summed E-state index contributed by atoms with van der Waals surface area (Å²) in [6, 6.07) is 7.04. The molecule has 7 nitrogen and oxygen atoms in total. The quantitative estimate of drug-likeness (QED) is 0.848. The maximum atomic E-state index is 12.6. The third kappa shape index (κ3) is 3.18. The molecule has 1 aromatic heterocycles. The first-order chi connectivity index (χ1) is 11.4. The Bertz CT molecular complexity index is 832. The molecular weight excluding hydrogens is 330 g/mol. The molecule has 0 spiro atoms. The van der Waals surface area contributed by atoms with Gasteiger partial charge in [0.2, 0.25) is 5.13 Å². The number of rotatable bonds is 4. The number of hydrogen-bond donors (Lipinski definition) is 1. The summed E-state index contributed by atoms with van der Waals surface area (Å²) in [6.07, 6.45) is 0.395. The molecule has 0 saturated heterocycles. The predicted molar refractivity (Wildman–Crippen MR) is 86.9 cm³/mol. The monoisotopic (exact) mass is 345 g/mol. The topological polar surface area (TPSA) is 98.2 Å². The molecule has 1 N–H and O–H groups in total. The number of Topliss-reactive ketones (excluding diaryl/α,β-unsaturated/α-hetero) is 1. The van der Waals surface area contributed by atoms with Crippen LogP contribution in [0.1, 0.15) is 35.6 Å². The summed E-state index contributed by atoms with van der Waals surface area (Å²) in [5, 5.41) is 2.89. The van der Waals surface area contributed by atoms with Gasteiger partial charge in [-0.05, 0) is 25.5 Å². The van der Waals surface area contributed by atoms with Crippen molar-refractivity contribution in [1.82, 2.24) is 9.36 Å². The average Bonchev–Trinajstić information content (AvgIpc) is 2.93. The Labute approximate surface area is 142 Å². The van der Waals surface area contributed by atoms with Crippen molar-refractivity contribution in [1.29, 1.82) is 0 Å². The molecule has 1 aromatic carbocycles. The second-order valence-electron chi connectivity index (χ2n) is 5.80. The number of ether oxygens (including phenoxy) is 1. The van der Waals surface area contributed by atoms with Crippen molar-refractivity contribution in [2.75, 3.05) is 5.32 Å². The Hall–Kier alpha value is -2.61. The number of anilines is 1. The molecule has 8 heteroatoms. The van der Waals surface area contributed by atoms with Crippen molar-refractivity contribution >= 4 is 34.3 Å². The molecule has 24 heavy (non-hydrogen) atoms. The van der Waals surface area contributed by atoms with Crippen LogP contribution >= 0.6 is 11.5 Å². The molecule has 1 aliphatic rings. The van der Waals surface area contributed by atoms with Gasteiger partial charge < -0.3 is 4.74 Å². The number of aromatic nitrogens is 2. The summed E-state index contributed by atoms with van der Waals surface area (Å²) in [7, 11) is 0. The molecule has 1 aliphatic heterocycles. The van der Waals surface area contributed by atoms with Crippen molar-refractivity contribution in [3.05, 3.63) is 41.2 Å². The normalized spacial score (nSPS) is 19.3. The molecule has 2 aromatic rings. The van der Waals surface area contributed by atoms with E-state index in [9.17, 15) is 14.4 Å². The van der Waals surface area contributed by atoms with Gasteiger partial charge in [0.15, 0.2) is 11.4 Å². The predicted octanol–water partition coefficient (Wildman–Crippen LogP) is 1.78. The van der Waals surface area contributed by atoms with Gasteiger partial charge in [-0.15, -0.1) is 0 Å². The molecule has 2 heterocycles. The first-order valence-corrected chi connectivity index (χ1v) is 8.09. The van der Waals surface area contributed by atoms with Crippen molar-refractivity contribution < 1.29 is 19.1 Å². The van der Waals surface area contributed by atoms with E-state index in [1.165, 1.54) is 6.92 Å². The molecule has 0 aliphatic carbocycles. The summed E-state index contributed by atoms with van der Waals surface area (Å²) in [6.45, 7) is 3.01. The maximum Gasteiger partial charge on any atom is 0.339 e. The van der Waals surface area contributed by atoms with Crippen molar-refractivity contribution in [2.24, 2.45) is 0 Å². The number of nitrogens with one attached hydrogen (secondary N) is 1. The summed E-state index contributed by atoms with van der Waals surface area (Å²) in [4.78, 5) is 39.8. The zero-order chi connectivity index (χ0) is 17.3. The third-order valence-electron chi connectivity index (χ3n) is 3.66. The minimum absolute atomic E-state index is 0.0598. The van der Waals surface area contributed by atoms with Crippen LogP contribution < -0.4 is 5.32 Å². The van der Waals surface area contributed by atoms with Gasteiger partial charge in [0, 0.05) is 18.0 Å². The minimum atomic E-state index is -1.32. The molecule has 1 atom stereocenters. The number of ketones is 1. The van der Waals surface area contributed by atoms with E-state index in [4.69, 9.17) is 4.74 Å². The highest BCUT2D eigenvalue weighted by atomic mass is 32.1. The Morgan fingerprint density at radius 1 is 1.38 bits per heavy atom. The standard InChI is InChI=1S/C16H15N3O4S/c1-9(20)7-12-17-15(24-19-12)18-14(22)16(2)8-10-5-3-4-6-11(10)13(21)23-16/h3-6H,7-8H2,1-2H3,(H,17,18,19,22). The van der Waals surface area contributed by atoms with E-state index < -0.39 is 17.5 Å². The van der Waals surface area contributed by atoms with Crippen LogP contribution in [-0.4, -0.2) is 32.6 Å². The smallest absolute Gasteiger partial charge is 0.339 e. The molecule has 1 amide bonds. The van der Waals surface area contributed by atoms with Gasteiger partial charge >= 0.3 is 5.97 Å². The Morgan fingerprint density at radius 2 is 2.12 bits per heavy atom. The van der Waals surface area contributed by atoms with Gasteiger partial charge in [-0.2, -0.15) is 4.37 Å². The zero-order valence-electron chi connectivity index (χ0n) is 13.2. The van der Waals surface area contributed by atoms with Crippen molar-refractivity contribution in [3.8, 4) is 0 Å². The van der Waals surface area contributed by atoms with Crippen LogP contribution in [0, 0.1) is 0 Å². The molecule has 0 saturated carbocycles. The number of cyclic esters (lactones) is 1. The Kier molecular flexibility index (Phi) is 4.15. The fraction of sp³-hybridized carbons (Fsp3) is 0.312. The molecular formula is C16H15N3O4S. The van der Waals surface area contributed by atoms with E-state index in [2.05, 4.69) is 14.7 Å². The van der Waals surface area contributed by atoms with Crippen molar-refractivity contribution in [3.63, 3.8) is 0 Å². The lowest BCUT2D eigenvalue weighted by molar-refractivity contribution is -0.134. The molecule has 0 radical (unpaired) electrons. The van der Waals surface area contributed by atoms with Gasteiger partial charge in [-0.1, -0.05) is 18.2 Å². The second-order valence-corrected chi connectivity index (χ2v) is 6.55. The fourth-order valence-electron chi connectivity index (χ4n) is 2.49. The van der Waals surface area contributed by atoms with E-state index in [0.29, 0.717) is 11.4 Å². The van der Waals surface area contributed by atoms with E-state index in [0.717, 1.165) is 17.1 Å². The van der Waals surface area contributed by atoms with Crippen molar-refractivity contribution in [2.45, 2.75) is 32.3 Å². The second kappa shape index (κ2) is 6.12. The summed E-state index contributed by atoms with van der Waals surface area (Å²) < 4.78 is 9.37. The maximum absolute atomic E-state index is 12.6. The average molecular weight is 345 g/mol. The molecule has 0 fully saturated rings. The lowest BCUT2D eigenvalue weighted by atomic mass is 9.89. The van der Waals surface area contributed by atoms with Gasteiger partial charge in [-0.3, -0.25) is 14.9 Å². The Morgan fingerprint density at radius 3 is 2.88 bits per heavy atom. The highest BCUT2D eigenvalue weighted by Crippen LogP contribution is 2.29. The highest BCUT2D eigenvalue weighted by Gasteiger charge is 2.42. The third-order valence-corrected chi connectivity index (χ3v) is 4.33. The van der Waals surface area contributed by atoms with E-state index in [1.54, 1.807) is 25.1 Å². The van der Waals surface area contributed by atoms with E-state index in [1.807, 2.05) is 6.07 Å². The number of esters is 1. The fourth-order valence-corrected chi connectivity index (χ4v) is 3.07. The molecule has 3 rings (SSSR count). The van der Waals surface area contributed by atoms with Crippen LogP contribution in [0.3, 0.4) is 0 Å². The van der Waals surface area contributed by atoms with Crippen LogP contribution in [0.4, 0.5) is 5.13 Å². The van der Waals surface area contributed by atoms with Crippen LogP contribution in [0.2, 0.25) is 0 Å². The molecule has 124 valence electrons. The number of carbonyl (C=O) groups excluding carboxylic acids is 3. The van der Waals surface area contributed by atoms with Crippen LogP contribution in [0.5, 0.6) is 0 Å². The minimum Gasteiger partial charge on any atom is -0.445 e. The van der Waals surface area contributed by atoms with Gasteiger partial charge in [-0.25, -0.2) is 9.78 Å². The van der Waals surface area contributed by atoms with E-state index >= 15 is 0 Å². The summed E-state index contributed by atoms with van der Waals surface area (Å²) in [5.74, 6) is -0.700. The number of nitrogens with zero attached hydrogens (tertiary/aromatic N) is 2. The summed E-state index contributed by atoms with van der Waals surface area (Å²) >= 11 is 0.983. The zero-order valence-corrected chi connectivity index (χ0v) is 14.0. The first-order valence-electron chi connectivity index (χ1n) is 7.32. The number of benzene rings is 1. The van der Waals surface area contributed by atoms with Crippen LogP contribution in [0.25, 0.3) is 0 Å². The number of amides is 1. The van der Waals surface area contributed by atoms with E-state index in [-0.39, 0.29) is 23.8 Å². The summed E-state index contributed by atoms with van der Waals surface area (Å²) in [5.41, 5.74) is -0.0824. The highest BCUT2D eigenvalue weighted by molar-refractivity contribution is 7.09. The van der Waals surface area contributed by atoms with Crippen LogP contribution in [-0.2, 0) is 27.2 Å². The largest absolute Gasteiger partial charge is 0.445 e. The number of carbonyl (C=O) groups is 3. The SMILES string of the molecule is CC(=O)Cc1nsc(NC(=O)C2(C)Cc3ccccc3C(=O)O2)n1. The van der Waals surface area contributed by atoms with Crippen LogP contribution in [0.15, 0.2) is 24.3 Å². The molecule has 0 bridgehead atoms. The van der Waals surface area contributed by atoms with Gasteiger partial charge in [0.25, 0.3) is 5.91 Å².